The van der Waals surface area contributed by atoms with Crippen LogP contribution in [0.4, 0.5) is 0 Å². The Bertz CT molecular complexity index is 356. The van der Waals surface area contributed by atoms with E-state index in [1.54, 1.807) is 0 Å². The van der Waals surface area contributed by atoms with E-state index in [0.717, 1.165) is 0 Å². The van der Waals surface area contributed by atoms with E-state index in [0.29, 0.717) is 5.41 Å². The summed E-state index contributed by atoms with van der Waals surface area (Å²) < 4.78 is 0. The van der Waals surface area contributed by atoms with Gasteiger partial charge in [-0.1, -0.05) is 103 Å². The third-order valence-corrected chi connectivity index (χ3v) is 9.14. The van der Waals surface area contributed by atoms with Crippen molar-refractivity contribution >= 4 is 0 Å². The standard InChI is InChI=1S/C21H44/c1-15-17(5,6)19(9,10)21(13,14)20(11,12)18(7,8)16(2,3)4/h15H2,1-14H3. The van der Waals surface area contributed by atoms with Crippen LogP contribution in [0.5, 0.6) is 0 Å². The molecule has 0 amide bonds. The monoisotopic (exact) mass is 296 g/mol. The van der Waals surface area contributed by atoms with Crippen LogP contribution in [-0.2, 0) is 0 Å². The van der Waals surface area contributed by atoms with Crippen molar-refractivity contribution < 1.29 is 0 Å². The Morgan fingerprint density at radius 2 is 0.714 bits per heavy atom. The SMILES string of the molecule is CCC(C)(C)C(C)(C)C(C)(C)C(C)(C)C(C)(C)C(C)(C)C. The minimum Gasteiger partial charge on any atom is -0.0649 e. The van der Waals surface area contributed by atoms with E-state index >= 15 is 0 Å². The lowest BCUT2D eigenvalue weighted by Gasteiger charge is -2.65. The highest BCUT2D eigenvalue weighted by atomic mass is 14.6. The molecule has 21 heavy (non-hydrogen) atoms. The van der Waals surface area contributed by atoms with Gasteiger partial charge in [0.2, 0.25) is 0 Å². The fourth-order valence-electron chi connectivity index (χ4n) is 3.79. The predicted octanol–water partition coefficient (Wildman–Crippen LogP) is 7.57. The number of hydrogen-bond donors (Lipinski definition) is 0. The molecule has 0 aliphatic heterocycles. The molecule has 0 aromatic carbocycles. The van der Waals surface area contributed by atoms with Crippen molar-refractivity contribution in [2.45, 2.75) is 103 Å². The minimum atomic E-state index is 0.216. The summed E-state index contributed by atoms with van der Waals surface area (Å²) in [6, 6.07) is 0. The van der Waals surface area contributed by atoms with E-state index in [1.807, 2.05) is 0 Å². The van der Waals surface area contributed by atoms with Crippen molar-refractivity contribution in [3.63, 3.8) is 0 Å². The van der Waals surface area contributed by atoms with Crippen LogP contribution in [0.3, 0.4) is 0 Å². The molecule has 0 aromatic rings. The molecule has 0 aromatic heterocycles. The van der Waals surface area contributed by atoms with Crippen LogP contribution in [0.1, 0.15) is 103 Å². The molecule has 0 fully saturated rings. The molecule has 0 spiro atoms. The summed E-state index contributed by atoms with van der Waals surface area (Å²) in [6.07, 6.45) is 1.22. The van der Waals surface area contributed by atoms with Gasteiger partial charge < -0.3 is 0 Å². The summed E-state index contributed by atoms with van der Waals surface area (Å²) in [4.78, 5) is 0. The van der Waals surface area contributed by atoms with Crippen LogP contribution < -0.4 is 0 Å². The Hall–Kier alpha value is 0. The van der Waals surface area contributed by atoms with Crippen LogP contribution in [0.25, 0.3) is 0 Å². The third-order valence-electron chi connectivity index (χ3n) is 9.14. The second-order valence-corrected chi connectivity index (χ2v) is 11.0. The van der Waals surface area contributed by atoms with Crippen LogP contribution in [0.2, 0.25) is 0 Å². The van der Waals surface area contributed by atoms with Gasteiger partial charge in [0, 0.05) is 0 Å². The first-order valence-corrected chi connectivity index (χ1v) is 8.81. The lowest BCUT2D eigenvalue weighted by atomic mass is 9.39. The molecule has 0 aliphatic rings. The van der Waals surface area contributed by atoms with Crippen LogP contribution in [0.15, 0.2) is 0 Å². The van der Waals surface area contributed by atoms with Gasteiger partial charge in [0.25, 0.3) is 0 Å². The molecule has 0 heterocycles. The average molecular weight is 297 g/mol. The number of hydrogen-bond acceptors (Lipinski definition) is 0. The Kier molecular flexibility index (Phi) is 5.27. The van der Waals surface area contributed by atoms with Crippen LogP contribution in [0, 0.1) is 32.5 Å². The summed E-state index contributed by atoms with van der Waals surface area (Å²) in [5.41, 5.74) is 1.53. The highest BCUT2D eigenvalue weighted by Crippen LogP contribution is 2.67. The van der Waals surface area contributed by atoms with Crippen molar-refractivity contribution in [2.24, 2.45) is 32.5 Å². The first kappa shape index (κ1) is 21.0. The molecule has 0 saturated carbocycles. The molecule has 0 heteroatoms. The average Bonchev–Trinajstić information content (AvgIpc) is 2.26. The second-order valence-electron chi connectivity index (χ2n) is 11.0. The van der Waals surface area contributed by atoms with Crippen LogP contribution >= 0.6 is 0 Å². The molecular weight excluding hydrogens is 252 g/mol. The summed E-state index contributed by atoms with van der Waals surface area (Å²) in [5.74, 6) is 0. The Balaban J connectivity index is 6.14. The molecule has 128 valence electrons. The predicted molar refractivity (Wildman–Crippen MR) is 98.7 cm³/mol. The highest BCUT2D eigenvalue weighted by molar-refractivity contribution is 5.08. The maximum absolute atomic E-state index is 2.50. The molecule has 0 bridgehead atoms. The fraction of sp³-hybridized carbons (Fsp3) is 1.00. The summed E-state index contributed by atoms with van der Waals surface area (Å²) >= 11 is 0. The molecule has 0 unspecified atom stereocenters. The van der Waals surface area contributed by atoms with Crippen molar-refractivity contribution in [1.82, 2.24) is 0 Å². The smallest absolute Gasteiger partial charge is 0.0241 e. The van der Waals surface area contributed by atoms with Gasteiger partial charge in [0.05, 0.1) is 0 Å². The van der Waals surface area contributed by atoms with Gasteiger partial charge in [-0.05, 0) is 32.5 Å². The van der Waals surface area contributed by atoms with Gasteiger partial charge in [-0.2, -0.15) is 0 Å². The van der Waals surface area contributed by atoms with Gasteiger partial charge >= 0.3 is 0 Å². The van der Waals surface area contributed by atoms with Gasteiger partial charge in [-0.25, -0.2) is 0 Å². The van der Waals surface area contributed by atoms with Gasteiger partial charge in [0.15, 0.2) is 0 Å². The normalized spacial score (nSPS) is 16.3. The zero-order valence-corrected chi connectivity index (χ0v) is 17.7. The quantitative estimate of drug-likeness (QED) is 0.490. The molecule has 0 nitrogen and oxygen atoms in total. The molecule has 0 atom stereocenters. The molecule has 0 radical (unpaired) electrons. The zero-order valence-electron chi connectivity index (χ0n) is 17.7. The van der Waals surface area contributed by atoms with E-state index in [-0.39, 0.29) is 27.1 Å². The fourth-order valence-corrected chi connectivity index (χ4v) is 3.79. The van der Waals surface area contributed by atoms with Gasteiger partial charge in [-0.15, -0.1) is 0 Å². The molecular formula is C21H44. The summed E-state index contributed by atoms with van der Waals surface area (Å²) in [6.45, 7) is 34.3. The first-order valence-electron chi connectivity index (χ1n) is 8.81. The maximum Gasteiger partial charge on any atom is -0.0241 e. The van der Waals surface area contributed by atoms with Crippen molar-refractivity contribution in [3.8, 4) is 0 Å². The van der Waals surface area contributed by atoms with Crippen molar-refractivity contribution in [2.75, 3.05) is 0 Å². The van der Waals surface area contributed by atoms with E-state index in [2.05, 4.69) is 96.9 Å². The van der Waals surface area contributed by atoms with Crippen molar-refractivity contribution in [3.05, 3.63) is 0 Å². The Labute approximate surface area is 136 Å². The lowest BCUT2D eigenvalue weighted by molar-refractivity contribution is -0.170. The van der Waals surface area contributed by atoms with Crippen molar-refractivity contribution in [1.29, 1.82) is 0 Å². The largest absolute Gasteiger partial charge is 0.0649 e. The molecule has 0 N–H and O–H groups in total. The van der Waals surface area contributed by atoms with Gasteiger partial charge in [-0.3, -0.25) is 0 Å². The molecule has 0 rings (SSSR count). The van der Waals surface area contributed by atoms with E-state index < -0.39 is 0 Å². The van der Waals surface area contributed by atoms with E-state index in [1.165, 1.54) is 6.42 Å². The first-order chi connectivity index (χ1) is 8.81. The number of rotatable bonds is 5. The lowest BCUT2D eigenvalue weighted by Crippen LogP contribution is -2.59. The Morgan fingerprint density at radius 3 is 0.952 bits per heavy atom. The van der Waals surface area contributed by atoms with E-state index in [9.17, 15) is 0 Å². The topological polar surface area (TPSA) is 0 Å². The van der Waals surface area contributed by atoms with Crippen LogP contribution in [-0.4, -0.2) is 0 Å². The van der Waals surface area contributed by atoms with Gasteiger partial charge in [0.1, 0.15) is 0 Å². The molecule has 0 saturated heterocycles. The zero-order chi connectivity index (χ0) is 17.7. The summed E-state index contributed by atoms with van der Waals surface area (Å²) in [5, 5.41) is 0. The maximum atomic E-state index is 2.50. The Morgan fingerprint density at radius 1 is 0.429 bits per heavy atom. The third kappa shape index (κ3) is 2.81. The summed E-state index contributed by atoms with van der Waals surface area (Å²) in [7, 11) is 0. The minimum absolute atomic E-state index is 0.216. The highest BCUT2D eigenvalue weighted by Gasteiger charge is 2.60. The van der Waals surface area contributed by atoms with E-state index in [4.69, 9.17) is 0 Å². The second kappa shape index (κ2) is 5.27. The molecule has 0 aliphatic carbocycles.